The third-order valence-electron chi connectivity index (χ3n) is 3.33. The van der Waals surface area contributed by atoms with Gasteiger partial charge in [-0.1, -0.05) is 32.3 Å². The summed E-state index contributed by atoms with van der Waals surface area (Å²) in [6.07, 6.45) is 3.92. The molecule has 0 saturated carbocycles. The molecule has 0 fully saturated rings. The van der Waals surface area contributed by atoms with Crippen LogP contribution in [0.4, 0.5) is 0 Å². The Labute approximate surface area is 145 Å². The van der Waals surface area contributed by atoms with Gasteiger partial charge in [-0.05, 0) is 19.8 Å². The Kier molecular flexibility index (Phi) is 10.8. The highest BCUT2D eigenvalue weighted by Gasteiger charge is 2.09. The fourth-order valence-electron chi connectivity index (χ4n) is 1.94. The normalized spacial score (nSPS) is 12.0. The average Bonchev–Trinajstić information content (AvgIpc) is 3.03. The fourth-order valence-corrected chi connectivity index (χ4v) is 1.94. The quantitative estimate of drug-likeness (QED) is 0.346. The number of unbranched alkanes of at least 4 members (excludes halogenated alkanes) is 1. The van der Waals surface area contributed by atoms with Crippen molar-refractivity contribution in [1.29, 1.82) is 0 Å². The van der Waals surface area contributed by atoms with E-state index >= 15 is 0 Å². The van der Waals surface area contributed by atoms with Gasteiger partial charge < -0.3 is 19.9 Å². The molecular weight excluding hydrogens is 306 g/mol. The highest BCUT2D eigenvalue weighted by atomic mass is 16.5. The number of aliphatic imine (C=N–C) groups is 1. The van der Waals surface area contributed by atoms with Crippen LogP contribution in [-0.4, -0.2) is 48.9 Å². The Morgan fingerprint density at radius 3 is 2.67 bits per heavy atom. The number of ether oxygens (including phenoxy) is 1. The van der Waals surface area contributed by atoms with Crippen molar-refractivity contribution < 1.29 is 9.26 Å². The first-order valence-electron chi connectivity index (χ1n) is 9.09. The van der Waals surface area contributed by atoms with E-state index in [4.69, 9.17) is 9.26 Å². The van der Waals surface area contributed by atoms with Crippen LogP contribution >= 0.6 is 0 Å². The first kappa shape index (κ1) is 20.4. The van der Waals surface area contributed by atoms with Crippen LogP contribution in [0.1, 0.15) is 64.6 Å². The van der Waals surface area contributed by atoms with Crippen molar-refractivity contribution in [2.45, 2.75) is 59.3 Å². The molecule has 0 saturated heterocycles. The van der Waals surface area contributed by atoms with Gasteiger partial charge in [0.2, 0.25) is 5.89 Å². The minimum absolute atomic E-state index is 0.286. The number of rotatable bonds is 12. The molecular formula is C17H33N5O2. The highest BCUT2D eigenvalue weighted by molar-refractivity contribution is 5.79. The van der Waals surface area contributed by atoms with Gasteiger partial charge >= 0.3 is 0 Å². The summed E-state index contributed by atoms with van der Waals surface area (Å²) in [5.41, 5.74) is 0. The summed E-state index contributed by atoms with van der Waals surface area (Å²) >= 11 is 0. The van der Waals surface area contributed by atoms with Gasteiger partial charge in [0.25, 0.3) is 0 Å². The first-order valence-corrected chi connectivity index (χ1v) is 9.09. The molecule has 1 heterocycles. The second-order valence-electron chi connectivity index (χ2n) is 5.96. The van der Waals surface area contributed by atoms with Crippen molar-refractivity contribution >= 4 is 5.96 Å². The molecule has 0 bridgehead atoms. The molecule has 0 atom stereocenters. The summed E-state index contributed by atoms with van der Waals surface area (Å²) in [7, 11) is 0. The van der Waals surface area contributed by atoms with E-state index < -0.39 is 0 Å². The van der Waals surface area contributed by atoms with Gasteiger partial charge in [-0.2, -0.15) is 4.98 Å². The lowest BCUT2D eigenvalue weighted by atomic mass is 10.2. The number of guanidine groups is 1. The molecule has 0 aliphatic heterocycles. The molecule has 1 aromatic rings. The standard InChI is InChI=1S/C17H33N5O2/c1-5-7-12-23-13-8-10-19-17(18-6-2)20-11-9-15-21-16(14(3)4)22-24-15/h14H,5-13H2,1-4H3,(H2,18,19,20). The Morgan fingerprint density at radius 1 is 1.21 bits per heavy atom. The Bertz CT molecular complexity index is 460. The van der Waals surface area contributed by atoms with Crippen LogP contribution in [0.2, 0.25) is 0 Å². The maximum Gasteiger partial charge on any atom is 0.228 e. The molecule has 24 heavy (non-hydrogen) atoms. The van der Waals surface area contributed by atoms with Crippen molar-refractivity contribution in [1.82, 2.24) is 20.8 Å². The lowest BCUT2D eigenvalue weighted by molar-refractivity contribution is 0.130. The van der Waals surface area contributed by atoms with Crippen molar-refractivity contribution in [3.05, 3.63) is 11.7 Å². The van der Waals surface area contributed by atoms with E-state index in [1.54, 1.807) is 0 Å². The zero-order chi connectivity index (χ0) is 17.6. The molecule has 0 amide bonds. The average molecular weight is 339 g/mol. The smallest absolute Gasteiger partial charge is 0.228 e. The summed E-state index contributed by atoms with van der Waals surface area (Å²) < 4.78 is 10.8. The highest BCUT2D eigenvalue weighted by Crippen LogP contribution is 2.09. The van der Waals surface area contributed by atoms with E-state index in [0.29, 0.717) is 18.9 Å². The largest absolute Gasteiger partial charge is 0.381 e. The molecule has 0 aromatic carbocycles. The molecule has 0 unspecified atom stereocenters. The topological polar surface area (TPSA) is 84.6 Å². The van der Waals surface area contributed by atoms with Crippen LogP contribution in [-0.2, 0) is 11.2 Å². The molecule has 0 aliphatic rings. The maximum absolute atomic E-state index is 5.54. The Hall–Kier alpha value is -1.63. The van der Waals surface area contributed by atoms with E-state index in [2.05, 4.69) is 53.5 Å². The minimum Gasteiger partial charge on any atom is -0.381 e. The van der Waals surface area contributed by atoms with Gasteiger partial charge in [0.15, 0.2) is 11.8 Å². The van der Waals surface area contributed by atoms with Crippen LogP contribution in [0.3, 0.4) is 0 Å². The van der Waals surface area contributed by atoms with Crippen molar-refractivity contribution in [3.63, 3.8) is 0 Å². The molecule has 0 aliphatic carbocycles. The molecule has 0 spiro atoms. The van der Waals surface area contributed by atoms with Crippen LogP contribution in [0.5, 0.6) is 0 Å². The van der Waals surface area contributed by atoms with Crippen LogP contribution in [0.25, 0.3) is 0 Å². The third kappa shape index (κ3) is 8.86. The van der Waals surface area contributed by atoms with Gasteiger partial charge in [-0.15, -0.1) is 0 Å². The number of hydrogen-bond acceptors (Lipinski definition) is 5. The lowest BCUT2D eigenvalue weighted by Gasteiger charge is -2.10. The predicted octanol–water partition coefficient (Wildman–Crippen LogP) is 2.50. The zero-order valence-electron chi connectivity index (χ0n) is 15.6. The van der Waals surface area contributed by atoms with Crippen molar-refractivity contribution in [3.8, 4) is 0 Å². The monoisotopic (exact) mass is 339 g/mol. The van der Waals surface area contributed by atoms with Crippen LogP contribution in [0.15, 0.2) is 9.52 Å². The predicted molar refractivity (Wildman–Crippen MR) is 96.4 cm³/mol. The zero-order valence-corrected chi connectivity index (χ0v) is 15.6. The van der Waals surface area contributed by atoms with Gasteiger partial charge in [-0.3, -0.25) is 4.99 Å². The minimum atomic E-state index is 0.286. The number of hydrogen-bond donors (Lipinski definition) is 2. The molecule has 7 heteroatoms. The molecule has 1 aromatic heterocycles. The second kappa shape index (κ2) is 12.8. The summed E-state index contributed by atoms with van der Waals surface area (Å²) in [5.74, 6) is 2.52. The van der Waals surface area contributed by atoms with Gasteiger partial charge in [0, 0.05) is 45.2 Å². The molecule has 2 N–H and O–H groups in total. The van der Waals surface area contributed by atoms with E-state index in [9.17, 15) is 0 Å². The summed E-state index contributed by atoms with van der Waals surface area (Å²) in [5, 5.41) is 10.5. The van der Waals surface area contributed by atoms with Gasteiger partial charge in [0.05, 0.1) is 0 Å². The Morgan fingerprint density at radius 2 is 2.00 bits per heavy atom. The summed E-state index contributed by atoms with van der Waals surface area (Å²) in [4.78, 5) is 8.91. The van der Waals surface area contributed by atoms with E-state index in [0.717, 1.165) is 50.9 Å². The second-order valence-corrected chi connectivity index (χ2v) is 5.96. The van der Waals surface area contributed by atoms with E-state index in [1.807, 2.05) is 0 Å². The molecule has 0 radical (unpaired) electrons. The summed E-state index contributed by atoms with van der Waals surface area (Å²) in [6.45, 7) is 12.2. The lowest BCUT2D eigenvalue weighted by Crippen LogP contribution is -2.38. The Balaban J connectivity index is 2.24. The first-order chi connectivity index (χ1) is 11.7. The van der Waals surface area contributed by atoms with Crippen molar-refractivity contribution in [2.24, 2.45) is 4.99 Å². The van der Waals surface area contributed by atoms with E-state index in [-0.39, 0.29) is 5.92 Å². The third-order valence-corrected chi connectivity index (χ3v) is 3.33. The van der Waals surface area contributed by atoms with Gasteiger partial charge in [0.1, 0.15) is 0 Å². The molecule has 138 valence electrons. The van der Waals surface area contributed by atoms with Crippen molar-refractivity contribution in [2.75, 3.05) is 32.8 Å². The van der Waals surface area contributed by atoms with E-state index in [1.165, 1.54) is 6.42 Å². The summed E-state index contributed by atoms with van der Waals surface area (Å²) in [6, 6.07) is 0. The van der Waals surface area contributed by atoms with Gasteiger partial charge in [-0.25, -0.2) is 0 Å². The SMILES string of the molecule is CCCCOCCCN=C(NCC)NCCc1nc(C(C)C)no1. The molecule has 7 nitrogen and oxygen atoms in total. The van der Waals surface area contributed by atoms with Crippen LogP contribution < -0.4 is 10.6 Å². The molecule has 1 rings (SSSR count). The maximum atomic E-state index is 5.54. The number of nitrogens with one attached hydrogen (secondary N) is 2. The van der Waals surface area contributed by atoms with Crippen LogP contribution in [0, 0.1) is 0 Å². The number of nitrogens with zero attached hydrogens (tertiary/aromatic N) is 3. The number of aromatic nitrogens is 2. The fraction of sp³-hybridized carbons (Fsp3) is 0.824.